The third-order valence-corrected chi connectivity index (χ3v) is 9.13. The van der Waals surface area contributed by atoms with Gasteiger partial charge in [-0.05, 0) is 67.5 Å². The standard InChI is InChI=1S/C24H30N2O5S2/c1-25(19-8-10-21(30-2)11-9-19)33(28,29)23-7-3-5-18(15-23)24(27)26(20-12-14-32-17-20)16-22-6-4-13-31-22/h3,5,7-11,15,20,22H,4,6,12-14,16-17H2,1-2H3. The Hall–Kier alpha value is -2.23. The van der Waals surface area contributed by atoms with Crippen LogP contribution < -0.4 is 9.04 Å². The van der Waals surface area contributed by atoms with Crippen molar-refractivity contribution in [1.29, 1.82) is 0 Å². The third kappa shape index (κ3) is 5.31. The lowest BCUT2D eigenvalue weighted by Gasteiger charge is -2.31. The molecule has 2 unspecified atom stereocenters. The lowest BCUT2D eigenvalue weighted by Crippen LogP contribution is -2.44. The summed E-state index contributed by atoms with van der Waals surface area (Å²) in [6.07, 6.45) is 2.96. The van der Waals surface area contributed by atoms with Gasteiger partial charge in [0.1, 0.15) is 5.75 Å². The first-order chi connectivity index (χ1) is 15.9. The molecule has 0 saturated carbocycles. The van der Waals surface area contributed by atoms with Gasteiger partial charge in [-0.25, -0.2) is 8.42 Å². The first-order valence-electron chi connectivity index (χ1n) is 11.1. The smallest absolute Gasteiger partial charge is 0.264 e. The Morgan fingerprint density at radius 3 is 2.61 bits per heavy atom. The van der Waals surface area contributed by atoms with Crippen molar-refractivity contribution in [1.82, 2.24) is 4.90 Å². The topological polar surface area (TPSA) is 76.2 Å². The number of thioether (sulfide) groups is 1. The van der Waals surface area contributed by atoms with Gasteiger partial charge in [0, 0.05) is 37.6 Å². The molecule has 0 bridgehead atoms. The molecule has 2 heterocycles. The molecule has 2 fully saturated rings. The normalized spacial score (nSPS) is 20.5. The zero-order valence-corrected chi connectivity index (χ0v) is 20.6. The van der Waals surface area contributed by atoms with Gasteiger partial charge in [0.05, 0.1) is 23.8 Å². The Morgan fingerprint density at radius 2 is 1.97 bits per heavy atom. The van der Waals surface area contributed by atoms with Crippen LogP contribution in [0.4, 0.5) is 5.69 Å². The monoisotopic (exact) mass is 490 g/mol. The quantitative estimate of drug-likeness (QED) is 0.562. The minimum absolute atomic E-state index is 0.0488. The van der Waals surface area contributed by atoms with Crippen molar-refractivity contribution in [3.63, 3.8) is 0 Å². The molecule has 4 rings (SSSR count). The highest BCUT2D eigenvalue weighted by Gasteiger charge is 2.32. The maximum atomic E-state index is 13.5. The Kier molecular flexibility index (Phi) is 7.51. The zero-order valence-electron chi connectivity index (χ0n) is 19.0. The van der Waals surface area contributed by atoms with Crippen molar-refractivity contribution in [3.8, 4) is 5.75 Å². The fourth-order valence-electron chi connectivity index (χ4n) is 4.22. The van der Waals surface area contributed by atoms with E-state index in [2.05, 4.69) is 0 Å². The molecular formula is C24H30N2O5S2. The van der Waals surface area contributed by atoms with Crippen LogP contribution in [0.2, 0.25) is 0 Å². The molecule has 2 aliphatic rings. The summed E-state index contributed by atoms with van der Waals surface area (Å²) in [7, 11) is -0.777. The van der Waals surface area contributed by atoms with Gasteiger partial charge in [0.15, 0.2) is 0 Å². The summed E-state index contributed by atoms with van der Waals surface area (Å²) in [5, 5.41) is 0. The lowest BCUT2D eigenvalue weighted by atomic mass is 10.1. The van der Waals surface area contributed by atoms with E-state index >= 15 is 0 Å². The van der Waals surface area contributed by atoms with Crippen LogP contribution in [0, 0.1) is 0 Å². The predicted molar refractivity (Wildman–Crippen MR) is 131 cm³/mol. The van der Waals surface area contributed by atoms with E-state index in [1.54, 1.807) is 43.5 Å². The number of carbonyl (C=O) groups excluding carboxylic acids is 1. The second kappa shape index (κ2) is 10.4. The van der Waals surface area contributed by atoms with Gasteiger partial charge in [-0.15, -0.1) is 0 Å². The van der Waals surface area contributed by atoms with Crippen molar-refractivity contribution >= 4 is 33.4 Å². The highest BCUT2D eigenvalue weighted by atomic mass is 32.2. The molecule has 0 radical (unpaired) electrons. The molecule has 0 N–H and O–H groups in total. The fourth-order valence-corrected chi connectivity index (χ4v) is 6.68. The summed E-state index contributed by atoms with van der Waals surface area (Å²) in [5.74, 6) is 2.44. The van der Waals surface area contributed by atoms with E-state index in [9.17, 15) is 13.2 Å². The van der Waals surface area contributed by atoms with Crippen LogP contribution in [0.15, 0.2) is 53.4 Å². The average Bonchev–Trinajstić information content (AvgIpc) is 3.56. The highest BCUT2D eigenvalue weighted by Crippen LogP contribution is 2.28. The van der Waals surface area contributed by atoms with Crippen molar-refractivity contribution in [2.45, 2.75) is 36.3 Å². The van der Waals surface area contributed by atoms with Crippen LogP contribution in [-0.4, -0.2) is 70.2 Å². The summed E-state index contributed by atoms with van der Waals surface area (Å²) >= 11 is 1.85. The van der Waals surface area contributed by atoms with Crippen LogP contribution in [-0.2, 0) is 14.8 Å². The van der Waals surface area contributed by atoms with Gasteiger partial charge >= 0.3 is 0 Å². The van der Waals surface area contributed by atoms with E-state index in [4.69, 9.17) is 9.47 Å². The Morgan fingerprint density at radius 1 is 1.18 bits per heavy atom. The molecule has 0 aromatic heterocycles. The van der Waals surface area contributed by atoms with Crippen LogP contribution in [0.1, 0.15) is 29.6 Å². The first kappa shape index (κ1) is 23.9. The number of methoxy groups -OCH3 is 1. The number of hydrogen-bond acceptors (Lipinski definition) is 6. The average molecular weight is 491 g/mol. The molecule has 2 atom stereocenters. The summed E-state index contributed by atoms with van der Waals surface area (Å²) in [4.78, 5) is 15.5. The number of benzene rings is 2. The molecule has 178 valence electrons. The van der Waals surface area contributed by atoms with E-state index < -0.39 is 10.0 Å². The lowest BCUT2D eigenvalue weighted by molar-refractivity contribution is 0.0441. The molecule has 2 aliphatic heterocycles. The molecule has 0 spiro atoms. The third-order valence-electron chi connectivity index (χ3n) is 6.21. The molecular weight excluding hydrogens is 460 g/mol. The molecule has 2 aromatic rings. The van der Waals surface area contributed by atoms with Crippen molar-refractivity contribution in [2.75, 3.05) is 43.1 Å². The molecule has 0 aliphatic carbocycles. The molecule has 9 heteroatoms. The largest absolute Gasteiger partial charge is 0.497 e. The van der Waals surface area contributed by atoms with E-state index in [0.717, 1.165) is 37.4 Å². The summed E-state index contributed by atoms with van der Waals surface area (Å²) in [5.41, 5.74) is 0.893. The van der Waals surface area contributed by atoms with E-state index in [0.29, 0.717) is 23.5 Å². The summed E-state index contributed by atoms with van der Waals surface area (Å²) in [6.45, 7) is 1.28. The SMILES string of the molecule is COc1ccc(N(C)S(=O)(=O)c2cccc(C(=O)N(CC3CCCO3)C3CCSC3)c2)cc1. The number of ether oxygens (including phenoxy) is 2. The zero-order chi connectivity index (χ0) is 23.4. The predicted octanol–water partition coefficient (Wildman–Crippen LogP) is 3.65. The number of amides is 1. The van der Waals surface area contributed by atoms with Gasteiger partial charge in [0.2, 0.25) is 0 Å². The van der Waals surface area contributed by atoms with Gasteiger partial charge < -0.3 is 14.4 Å². The second-order valence-corrected chi connectivity index (χ2v) is 11.4. The first-order valence-corrected chi connectivity index (χ1v) is 13.7. The van der Waals surface area contributed by atoms with Gasteiger partial charge in [-0.1, -0.05) is 6.07 Å². The van der Waals surface area contributed by atoms with E-state index in [1.807, 2.05) is 16.7 Å². The van der Waals surface area contributed by atoms with Crippen LogP contribution >= 0.6 is 11.8 Å². The van der Waals surface area contributed by atoms with Crippen molar-refractivity contribution in [2.24, 2.45) is 0 Å². The summed E-state index contributed by atoms with van der Waals surface area (Å²) < 4.78 is 38.8. The van der Waals surface area contributed by atoms with E-state index in [-0.39, 0.29) is 22.9 Å². The molecule has 2 saturated heterocycles. The molecule has 7 nitrogen and oxygen atoms in total. The van der Waals surface area contributed by atoms with E-state index in [1.165, 1.54) is 23.5 Å². The van der Waals surface area contributed by atoms with Crippen molar-refractivity contribution < 1.29 is 22.7 Å². The number of carbonyl (C=O) groups is 1. The molecule has 33 heavy (non-hydrogen) atoms. The minimum Gasteiger partial charge on any atom is -0.497 e. The number of rotatable bonds is 8. The molecule has 1 amide bonds. The van der Waals surface area contributed by atoms with Crippen molar-refractivity contribution in [3.05, 3.63) is 54.1 Å². The number of hydrogen-bond donors (Lipinski definition) is 0. The molecule has 2 aromatic carbocycles. The van der Waals surface area contributed by atoms with Crippen LogP contribution in [0.3, 0.4) is 0 Å². The number of sulfonamides is 1. The highest BCUT2D eigenvalue weighted by molar-refractivity contribution is 7.99. The number of nitrogens with zero attached hydrogens (tertiary/aromatic N) is 2. The maximum Gasteiger partial charge on any atom is 0.264 e. The second-order valence-electron chi connectivity index (χ2n) is 8.31. The van der Waals surface area contributed by atoms with Gasteiger partial charge in [0.25, 0.3) is 15.9 Å². The number of anilines is 1. The fraction of sp³-hybridized carbons (Fsp3) is 0.458. The summed E-state index contributed by atoms with van der Waals surface area (Å²) in [6, 6.07) is 13.3. The van der Waals surface area contributed by atoms with Crippen LogP contribution in [0.5, 0.6) is 5.75 Å². The Bertz CT molecular complexity index is 1060. The minimum atomic E-state index is -3.84. The van der Waals surface area contributed by atoms with Gasteiger partial charge in [-0.3, -0.25) is 9.10 Å². The Balaban J connectivity index is 1.58. The Labute approximate surface area is 200 Å². The van der Waals surface area contributed by atoms with Gasteiger partial charge in [-0.2, -0.15) is 11.8 Å². The van der Waals surface area contributed by atoms with Crippen LogP contribution in [0.25, 0.3) is 0 Å². The maximum absolute atomic E-state index is 13.5.